The van der Waals surface area contributed by atoms with Crippen LogP contribution >= 0.6 is 11.6 Å². The Bertz CT molecular complexity index is 1250. The molecule has 0 radical (unpaired) electrons. The molecule has 0 saturated carbocycles. The highest BCUT2D eigenvalue weighted by atomic mass is 35.5. The Balaban J connectivity index is 2.54. The monoisotopic (exact) mass is 552 g/mol. The molecule has 2 amide bonds. The van der Waals surface area contributed by atoms with E-state index in [4.69, 9.17) is 11.6 Å². The first kappa shape index (κ1) is 30.0. The molecule has 12 heteroatoms. The van der Waals surface area contributed by atoms with Crippen LogP contribution in [0.4, 0.5) is 11.4 Å². The van der Waals surface area contributed by atoms with E-state index in [1.807, 2.05) is 13.8 Å². The van der Waals surface area contributed by atoms with Gasteiger partial charge in [0.25, 0.3) is 5.69 Å². The molecule has 2 aromatic carbocycles. The minimum atomic E-state index is -4.03. The van der Waals surface area contributed by atoms with Crippen LogP contribution < -0.4 is 9.62 Å². The summed E-state index contributed by atoms with van der Waals surface area (Å²) in [6.07, 6.45) is 1.88. The highest BCUT2D eigenvalue weighted by molar-refractivity contribution is 7.92. The molecule has 0 spiro atoms. The lowest BCUT2D eigenvalue weighted by Gasteiger charge is -2.33. The maximum atomic E-state index is 13.7. The number of nitro benzene ring substituents is 1. The number of sulfonamides is 1. The van der Waals surface area contributed by atoms with Crippen molar-refractivity contribution in [2.24, 2.45) is 0 Å². The third kappa shape index (κ3) is 7.90. The molecule has 0 bridgehead atoms. The van der Waals surface area contributed by atoms with E-state index in [2.05, 4.69) is 5.32 Å². The van der Waals surface area contributed by atoms with Crippen molar-refractivity contribution in [1.82, 2.24) is 10.2 Å². The molecule has 10 nitrogen and oxygen atoms in total. The first-order chi connectivity index (χ1) is 17.3. The molecule has 0 saturated heterocycles. The zero-order chi connectivity index (χ0) is 27.9. The lowest BCUT2D eigenvalue weighted by Crippen LogP contribution is -2.53. The second-order valence-corrected chi connectivity index (χ2v) is 11.2. The SMILES string of the molecule is CC[C@H](C)NC(=O)[C@H](CC)N(Cc1ccccc1Cl)C(=O)CN(c1cc([N+](=O)[O-])ccc1C)S(C)(=O)=O. The number of aryl methyl sites for hydroxylation is 1. The van der Waals surface area contributed by atoms with Crippen molar-refractivity contribution in [2.45, 2.75) is 59.2 Å². The maximum Gasteiger partial charge on any atom is 0.271 e. The van der Waals surface area contributed by atoms with Crippen LogP contribution in [0.5, 0.6) is 0 Å². The second-order valence-electron chi connectivity index (χ2n) is 8.85. The summed E-state index contributed by atoms with van der Waals surface area (Å²) in [5, 5.41) is 14.6. The number of non-ortho nitro benzene ring substituents is 1. The second kappa shape index (κ2) is 12.9. The van der Waals surface area contributed by atoms with Crippen LogP contribution in [0, 0.1) is 17.0 Å². The normalized spacial score (nSPS) is 12.9. The van der Waals surface area contributed by atoms with Crippen LogP contribution in [-0.4, -0.2) is 54.9 Å². The summed E-state index contributed by atoms with van der Waals surface area (Å²) in [6, 6.07) is 9.65. The molecule has 0 fully saturated rings. The van der Waals surface area contributed by atoms with Gasteiger partial charge in [-0.05, 0) is 43.9 Å². The van der Waals surface area contributed by atoms with Crippen molar-refractivity contribution in [3.8, 4) is 0 Å². The molecule has 0 heterocycles. The molecule has 2 atom stereocenters. The standard InChI is InChI=1S/C25H33ClN4O6S/c1-6-18(4)27-25(32)22(7-2)28(15-19-10-8-9-11-21(19)26)24(31)16-29(37(5,35)36)23-14-20(30(33)34)13-12-17(23)3/h8-14,18,22H,6-7,15-16H2,1-5H3,(H,27,32)/t18-,22-/m0/s1. The predicted octanol–water partition coefficient (Wildman–Crippen LogP) is 4.04. The molecule has 1 N–H and O–H groups in total. The quantitative estimate of drug-likeness (QED) is 0.312. The van der Waals surface area contributed by atoms with Gasteiger partial charge in [-0.1, -0.05) is 49.7 Å². The molecule has 0 aliphatic carbocycles. The van der Waals surface area contributed by atoms with Crippen molar-refractivity contribution < 1.29 is 22.9 Å². The Hall–Kier alpha value is -3.18. The largest absolute Gasteiger partial charge is 0.352 e. The topological polar surface area (TPSA) is 130 Å². The van der Waals surface area contributed by atoms with Crippen LogP contribution in [0.3, 0.4) is 0 Å². The van der Waals surface area contributed by atoms with Gasteiger partial charge in [-0.25, -0.2) is 8.42 Å². The lowest BCUT2D eigenvalue weighted by molar-refractivity contribution is -0.384. The smallest absolute Gasteiger partial charge is 0.271 e. The third-order valence-electron chi connectivity index (χ3n) is 6.04. The average Bonchev–Trinajstić information content (AvgIpc) is 2.82. The Kier molecular flexibility index (Phi) is 10.4. The minimum Gasteiger partial charge on any atom is -0.352 e. The van der Waals surface area contributed by atoms with Crippen molar-refractivity contribution >= 4 is 44.8 Å². The Morgan fingerprint density at radius 1 is 1.14 bits per heavy atom. The first-order valence-electron chi connectivity index (χ1n) is 11.9. The van der Waals surface area contributed by atoms with Crippen LogP contribution in [-0.2, 0) is 26.2 Å². The molecule has 2 rings (SSSR count). The first-order valence-corrected chi connectivity index (χ1v) is 14.1. The van der Waals surface area contributed by atoms with E-state index < -0.39 is 33.4 Å². The fourth-order valence-corrected chi connectivity index (χ4v) is 4.84. The van der Waals surface area contributed by atoms with Gasteiger partial charge in [-0.2, -0.15) is 0 Å². The predicted molar refractivity (Wildman–Crippen MR) is 144 cm³/mol. The summed E-state index contributed by atoms with van der Waals surface area (Å²) in [5.41, 5.74) is 0.724. The summed E-state index contributed by atoms with van der Waals surface area (Å²) in [6.45, 7) is 6.44. The number of hydrogen-bond acceptors (Lipinski definition) is 6. The maximum absolute atomic E-state index is 13.7. The fraction of sp³-hybridized carbons (Fsp3) is 0.440. The molecule has 0 aliphatic heterocycles. The lowest BCUT2D eigenvalue weighted by atomic mass is 10.1. The number of rotatable bonds is 12. The van der Waals surface area contributed by atoms with E-state index in [9.17, 15) is 28.1 Å². The van der Waals surface area contributed by atoms with Gasteiger partial charge in [0.2, 0.25) is 21.8 Å². The van der Waals surface area contributed by atoms with E-state index in [-0.39, 0.29) is 36.3 Å². The van der Waals surface area contributed by atoms with Gasteiger partial charge in [0.15, 0.2) is 0 Å². The Morgan fingerprint density at radius 2 is 1.78 bits per heavy atom. The van der Waals surface area contributed by atoms with E-state index in [0.29, 0.717) is 22.6 Å². The van der Waals surface area contributed by atoms with Crippen LogP contribution in [0.25, 0.3) is 0 Å². The molecule has 202 valence electrons. The van der Waals surface area contributed by atoms with Gasteiger partial charge in [-0.3, -0.25) is 24.0 Å². The zero-order valence-corrected chi connectivity index (χ0v) is 23.2. The fourth-order valence-electron chi connectivity index (χ4n) is 3.75. The summed E-state index contributed by atoms with van der Waals surface area (Å²) < 4.78 is 26.4. The summed E-state index contributed by atoms with van der Waals surface area (Å²) >= 11 is 6.34. The van der Waals surface area contributed by atoms with E-state index in [1.165, 1.54) is 17.0 Å². The van der Waals surface area contributed by atoms with E-state index in [0.717, 1.165) is 16.6 Å². The molecule has 0 aliphatic rings. The molecule has 37 heavy (non-hydrogen) atoms. The van der Waals surface area contributed by atoms with Gasteiger partial charge < -0.3 is 10.2 Å². The van der Waals surface area contributed by atoms with Gasteiger partial charge in [-0.15, -0.1) is 0 Å². The van der Waals surface area contributed by atoms with E-state index in [1.54, 1.807) is 38.1 Å². The van der Waals surface area contributed by atoms with Crippen molar-refractivity contribution in [2.75, 3.05) is 17.1 Å². The van der Waals surface area contributed by atoms with Gasteiger partial charge in [0.1, 0.15) is 12.6 Å². The molecular weight excluding hydrogens is 520 g/mol. The van der Waals surface area contributed by atoms with Crippen molar-refractivity contribution in [1.29, 1.82) is 0 Å². The number of nitrogens with one attached hydrogen (secondary N) is 1. The number of amides is 2. The highest BCUT2D eigenvalue weighted by Gasteiger charge is 2.33. The number of anilines is 1. The number of nitrogens with zero attached hydrogens (tertiary/aromatic N) is 3. The van der Waals surface area contributed by atoms with Crippen LogP contribution in [0.2, 0.25) is 5.02 Å². The molecular formula is C25H33ClN4O6S. The molecule has 0 aromatic heterocycles. The van der Waals surface area contributed by atoms with Crippen LogP contribution in [0.1, 0.15) is 44.7 Å². The van der Waals surface area contributed by atoms with Crippen molar-refractivity contribution in [3.05, 3.63) is 68.7 Å². The Labute approximate surface area is 222 Å². The number of halogens is 1. The molecule has 0 unspecified atom stereocenters. The van der Waals surface area contributed by atoms with Gasteiger partial charge in [0.05, 0.1) is 16.9 Å². The van der Waals surface area contributed by atoms with Crippen LogP contribution in [0.15, 0.2) is 42.5 Å². The van der Waals surface area contributed by atoms with Gasteiger partial charge in [0, 0.05) is 29.7 Å². The number of carbonyl (C=O) groups excluding carboxylic acids is 2. The number of nitro groups is 1. The average molecular weight is 553 g/mol. The van der Waals surface area contributed by atoms with Gasteiger partial charge >= 0.3 is 0 Å². The summed E-state index contributed by atoms with van der Waals surface area (Å²) in [5.74, 6) is -1.02. The van der Waals surface area contributed by atoms with Crippen molar-refractivity contribution in [3.63, 3.8) is 0 Å². The molecule has 2 aromatic rings. The summed E-state index contributed by atoms with van der Waals surface area (Å²) in [7, 11) is -4.03. The minimum absolute atomic E-state index is 0.0137. The number of carbonyl (C=O) groups is 2. The Morgan fingerprint density at radius 3 is 2.32 bits per heavy atom. The third-order valence-corrected chi connectivity index (χ3v) is 7.53. The number of hydrogen-bond donors (Lipinski definition) is 1. The zero-order valence-electron chi connectivity index (χ0n) is 21.6. The van der Waals surface area contributed by atoms with E-state index >= 15 is 0 Å². The summed E-state index contributed by atoms with van der Waals surface area (Å²) in [4.78, 5) is 38.9. The number of benzene rings is 2. The highest BCUT2D eigenvalue weighted by Crippen LogP contribution is 2.28.